The summed E-state index contributed by atoms with van der Waals surface area (Å²) in [6, 6.07) is 9.29. The molecule has 1 heterocycles. The topological polar surface area (TPSA) is 80.8 Å². The number of hydrogen-bond acceptors (Lipinski definition) is 6. The monoisotopic (exact) mass is 411 g/mol. The van der Waals surface area contributed by atoms with Crippen LogP contribution in [-0.2, 0) is 24.2 Å². The first kappa shape index (κ1) is 20.2. The Kier molecular flexibility index (Phi) is 6.81. The number of esters is 1. The number of amides is 1. The summed E-state index contributed by atoms with van der Waals surface area (Å²) in [5.41, 5.74) is 0. The van der Waals surface area contributed by atoms with E-state index in [4.69, 9.17) is 4.74 Å². The van der Waals surface area contributed by atoms with Gasteiger partial charge < -0.3 is 9.64 Å². The van der Waals surface area contributed by atoms with Gasteiger partial charge in [-0.2, -0.15) is 0 Å². The number of hydrogen-bond donors (Lipinski definition) is 0. The highest BCUT2D eigenvalue weighted by molar-refractivity contribution is 8.00. The van der Waals surface area contributed by atoms with E-state index in [1.165, 1.54) is 11.8 Å². The fraction of sp³-hybridized carbons (Fsp3) is 0.579. The van der Waals surface area contributed by atoms with Gasteiger partial charge in [-0.15, -0.1) is 11.8 Å². The van der Waals surface area contributed by atoms with E-state index in [0.29, 0.717) is 6.42 Å². The van der Waals surface area contributed by atoms with E-state index in [1.54, 1.807) is 4.90 Å². The average Bonchev–Trinajstić information content (AvgIpc) is 3.29. The third-order valence-electron chi connectivity index (χ3n) is 5.06. The third-order valence-corrected chi connectivity index (χ3v) is 7.80. The first-order valence-electron chi connectivity index (χ1n) is 9.30. The summed E-state index contributed by atoms with van der Waals surface area (Å²) in [6.45, 7) is -0.318. The van der Waals surface area contributed by atoms with E-state index in [9.17, 15) is 18.0 Å². The lowest BCUT2D eigenvalue weighted by Gasteiger charge is -2.33. The second-order valence-corrected chi connectivity index (χ2v) is 10.3. The summed E-state index contributed by atoms with van der Waals surface area (Å²) in [4.78, 5) is 27.4. The lowest BCUT2D eigenvalue weighted by molar-refractivity contribution is -0.152. The van der Waals surface area contributed by atoms with Gasteiger partial charge in [-0.05, 0) is 31.4 Å². The number of rotatable bonds is 7. The first-order valence-corrected chi connectivity index (χ1v) is 12.1. The van der Waals surface area contributed by atoms with Gasteiger partial charge in [0.2, 0.25) is 0 Å². The SMILES string of the molecule is O=C(CSc1ccccc1)OCC(=O)N(C1CCCC1)[C@H]1CCS(=O)(=O)C1. The van der Waals surface area contributed by atoms with E-state index in [2.05, 4.69) is 0 Å². The molecular weight excluding hydrogens is 386 g/mol. The van der Waals surface area contributed by atoms with Crippen LogP contribution in [0.4, 0.5) is 0 Å². The van der Waals surface area contributed by atoms with Gasteiger partial charge in [0, 0.05) is 17.0 Å². The molecule has 1 aliphatic carbocycles. The van der Waals surface area contributed by atoms with Crippen LogP contribution in [0.1, 0.15) is 32.1 Å². The maximum atomic E-state index is 12.8. The second-order valence-electron chi connectivity index (χ2n) is 7.06. The Hall–Kier alpha value is -1.54. The lowest BCUT2D eigenvalue weighted by Crippen LogP contribution is -2.48. The van der Waals surface area contributed by atoms with Gasteiger partial charge in [0.15, 0.2) is 16.4 Å². The van der Waals surface area contributed by atoms with Gasteiger partial charge in [-0.3, -0.25) is 9.59 Å². The zero-order chi connectivity index (χ0) is 19.3. The number of nitrogens with zero attached hydrogens (tertiary/aromatic N) is 1. The van der Waals surface area contributed by atoms with Crippen LogP contribution in [0, 0.1) is 0 Å². The van der Waals surface area contributed by atoms with E-state index >= 15 is 0 Å². The molecular formula is C19H25NO5S2. The van der Waals surface area contributed by atoms with Crippen molar-refractivity contribution in [2.24, 2.45) is 0 Å². The molecule has 8 heteroatoms. The number of benzene rings is 1. The minimum Gasteiger partial charge on any atom is -0.455 e. The molecule has 1 amide bonds. The highest BCUT2D eigenvalue weighted by Crippen LogP contribution is 2.29. The highest BCUT2D eigenvalue weighted by atomic mass is 32.2. The van der Waals surface area contributed by atoms with E-state index in [0.717, 1.165) is 30.6 Å². The second kappa shape index (κ2) is 9.10. The summed E-state index contributed by atoms with van der Waals surface area (Å²) >= 11 is 1.36. The first-order chi connectivity index (χ1) is 12.9. The van der Waals surface area contributed by atoms with Crippen LogP contribution in [-0.4, -0.2) is 61.1 Å². The highest BCUT2D eigenvalue weighted by Gasteiger charge is 2.39. The standard InChI is InChI=1S/C19H25NO5S2/c21-18(12-25-19(22)13-26-17-8-2-1-3-9-17)20(15-6-4-5-7-15)16-10-11-27(23,24)14-16/h1-3,8-9,15-16H,4-7,10-14H2/t16-/m0/s1. The molecule has 6 nitrogen and oxygen atoms in total. The average molecular weight is 412 g/mol. The molecule has 1 aromatic rings. The number of thioether (sulfide) groups is 1. The van der Waals surface area contributed by atoms with Crippen molar-refractivity contribution in [3.63, 3.8) is 0 Å². The van der Waals surface area contributed by atoms with Crippen molar-refractivity contribution in [1.82, 2.24) is 4.90 Å². The van der Waals surface area contributed by atoms with Crippen molar-refractivity contribution in [2.75, 3.05) is 23.9 Å². The number of sulfone groups is 1. The van der Waals surface area contributed by atoms with E-state index in [-0.39, 0.29) is 41.9 Å². The molecule has 2 fully saturated rings. The summed E-state index contributed by atoms with van der Waals surface area (Å²) in [6.07, 6.45) is 4.34. The zero-order valence-corrected chi connectivity index (χ0v) is 16.8. The van der Waals surface area contributed by atoms with E-state index in [1.807, 2.05) is 30.3 Å². The molecule has 0 aromatic heterocycles. The van der Waals surface area contributed by atoms with Crippen LogP contribution in [0.3, 0.4) is 0 Å². The Morgan fingerprint density at radius 2 is 1.78 bits per heavy atom. The fourth-order valence-electron chi connectivity index (χ4n) is 3.80. The van der Waals surface area contributed by atoms with Crippen LogP contribution >= 0.6 is 11.8 Å². The third kappa shape index (κ3) is 5.72. The van der Waals surface area contributed by atoms with Gasteiger partial charge >= 0.3 is 5.97 Å². The smallest absolute Gasteiger partial charge is 0.316 e. The molecule has 0 unspecified atom stereocenters. The Bertz CT molecular complexity index is 760. The molecule has 0 bridgehead atoms. The van der Waals surface area contributed by atoms with Gasteiger partial charge in [0.25, 0.3) is 5.91 Å². The molecule has 1 aliphatic heterocycles. The van der Waals surface area contributed by atoms with Crippen LogP contribution < -0.4 is 0 Å². The number of carbonyl (C=O) groups is 2. The molecule has 1 aromatic carbocycles. The van der Waals surface area contributed by atoms with Crippen LogP contribution in [0.2, 0.25) is 0 Å². The maximum Gasteiger partial charge on any atom is 0.316 e. The van der Waals surface area contributed by atoms with Gasteiger partial charge in [0.05, 0.1) is 17.3 Å². The quantitative estimate of drug-likeness (QED) is 0.506. The summed E-state index contributed by atoms with van der Waals surface area (Å²) < 4.78 is 28.9. The van der Waals surface area contributed by atoms with Gasteiger partial charge in [-0.1, -0.05) is 31.0 Å². The van der Waals surface area contributed by atoms with Crippen molar-refractivity contribution < 1.29 is 22.7 Å². The molecule has 0 radical (unpaired) electrons. The molecule has 0 N–H and O–H groups in total. The van der Waals surface area contributed by atoms with Crippen molar-refractivity contribution in [3.05, 3.63) is 30.3 Å². The van der Waals surface area contributed by atoms with E-state index < -0.39 is 15.8 Å². The Balaban J connectivity index is 1.53. The summed E-state index contributed by atoms with van der Waals surface area (Å²) in [5, 5.41) is 0. The van der Waals surface area contributed by atoms with Crippen molar-refractivity contribution in [2.45, 2.75) is 49.1 Å². The summed E-state index contributed by atoms with van der Waals surface area (Å²) in [5.74, 6) is -0.433. The van der Waals surface area contributed by atoms with Crippen LogP contribution in [0.25, 0.3) is 0 Å². The summed E-state index contributed by atoms with van der Waals surface area (Å²) in [7, 11) is -3.08. The fourth-order valence-corrected chi connectivity index (χ4v) is 6.23. The van der Waals surface area contributed by atoms with Crippen LogP contribution in [0.5, 0.6) is 0 Å². The molecule has 1 atom stereocenters. The molecule has 1 saturated heterocycles. The van der Waals surface area contributed by atoms with Gasteiger partial charge in [0.1, 0.15) is 0 Å². The minimum absolute atomic E-state index is 0.0209. The predicted molar refractivity (Wildman–Crippen MR) is 104 cm³/mol. The van der Waals surface area contributed by atoms with Gasteiger partial charge in [-0.25, -0.2) is 8.42 Å². The Labute approximate surface area is 164 Å². The Morgan fingerprint density at radius 3 is 2.41 bits per heavy atom. The number of carbonyl (C=O) groups excluding carboxylic acids is 2. The zero-order valence-electron chi connectivity index (χ0n) is 15.2. The largest absolute Gasteiger partial charge is 0.455 e. The molecule has 148 valence electrons. The van der Waals surface area contributed by atoms with Crippen molar-refractivity contribution >= 4 is 33.5 Å². The predicted octanol–water partition coefficient (Wildman–Crippen LogP) is 2.28. The van der Waals surface area contributed by atoms with Crippen LogP contribution in [0.15, 0.2) is 35.2 Å². The molecule has 2 aliphatic rings. The normalized spacial score (nSPS) is 21.9. The molecule has 1 saturated carbocycles. The minimum atomic E-state index is -3.08. The maximum absolute atomic E-state index is 12.8. The number of ether oxygens (including phenoxy) is 1. The Morgan fingerprint density at radius 1 is 1.07 bits per heavy atom. The molecule has 3 rings (SSSR count). The lowest BCUT2D eigenvalue weighted by atomic mass is 10.1. The van der Waals surface area contributed by atoms with Crippen molar-refractivity contribution in [3.8, 4) is 0 Å². The molecule has 27 heavy (non-hydrogen) atoms. The molecule has 0 spiro atoms. The van der Waals surface area contributed by atoms with Crippen molar-refractivity contribution in [1.29, 1.82) is 0 Å².